The van der Waals surface area contributed by atoms with Gasteiger partial charge in [-0.1, -0.05) is 36.8 Å². The van der Waals surface area contributed by atoms with E-state index in [0.717, 1.165) is 17.5 Å². The second kappa shape index (κ2) is 11.5. The Kier molecular flexibility index (Phi) is 8.68. The molecular weight excluding hydrogens is 388 g/mol. The van der Waals surface area contributed by atoms with Crippen LogP contribution in [0, 0.1) is 13.8 Å². The molecule has 0 aliphatic rings. The number of carbonyl (C=O) groups is 3. The van der Waals surface area contributed by atoms with Crippen molar-refractivity contribution in [2.45, 2.75) is 27.2 Å². The first-order chi connectivity index (χ1) is 14.4. The number of benzene rings is 2. The van der Waals surface area contributed by atoms with Crippen molar-refractivity contribution in [3.63, 3.8) is 0 Å². The monoisotopic (exact) mass is 414 g/mol. The summed E-state index contributed by atoms with van der Waals surface area (Å²) >= 11 is 0. The van der Waals surface area contributed by atoms with Gasteiger partial charge in [0.25, 0.3) is 5.91 Å². The van der Waals surface area contributed by atoms with Gasteiger partial charge in [0.2, 0.25) is 0 Å². The van der Waals surface area contributed by atoms with E-state index < -0.39 is 31.1 Å². The zero-order valence-electron chi connectivity index (χ0n) is 17.3. The summed E-state index contributed by atoms with van der Waals surface area (Å²) < 4.78 is 15.8. The summed E-state index contributed by atoms with van der Waals surface area (Å²) in [5.74, 6) is -0.573. The second-order valence-electron chi connectivity index (χ2n) is 6.57. The Balaban J connectivity index is 1.74. The van der Waals surface area contributed by atoms with E-state index in [9.17, 15) is 14.4 Å². The van der Waals surface area contributed by atoms with Gasteiger partial charge in [-0.05, 0) is 44.0 Å². The normalized spacial score (nSPS) is 10.1. The van der Waals surface area contributed by atoms with Gasteiger partial charge in [0, 0.05) is 5.69 Å². The van der Waals surface area contributed by atoms with Crippen molar-refractivity contribution in [2.75, 3.05) is 25.1 Å². The summed E-state index contributed by atoms with van der Waals surface area (Å²) in [4.78, 5) is 35.6. The number of urea groups is 1. The lowest BCUT2D eigenvalue weighted by Crippen LogP contribution is -2.37. The van der Waals surface area contributed by atoms with Crippen LogP contribution in [-0.4, -0.2) is 37.7 Å². The highest BCUT2D eigenvalue weighted by Gasteiger charge is 2.13. The van der Waals surface area contributed by atoms with Crippen molar-refractivity contribution in [1.82, 2.24) is 5.32 Å². The van der Waals surface area contributed by atoms with E-state index in [1.165, 1.54) is 0 Å². The molecule has 0 spiro atoms. The SMILES string of the molecule is CCCOc1ccccc1OCC(=O)OCC(=O)NC(=O)Nc1ccc(C)cc1C. The van der Waals surface area contributed by atoms with Crippen molar-refractivity contribution < 1.29 is 28.6 Å². The summed E-state index contributed by atoms with van der Waals surface area (Å²) in [5, 5.41) is 4.68. The topological polar surface area (TPSA) is 103 Å². The molecule has 0 saturated carbocycles. The lowest BCUT2D eigenvalue weighted by atomic mass is 10.1. The van der Waals surface area contributed by atoms with E-state index in [1.54, 1.807) is 30.3 Å². The van der Waals surface area contributed by atoms with Crippen LogP contribution in [0.1, 0.15) is 24.5 Å². The smallest absolute Gasteiger partial charge is 0.344 e. The molecule has 30 heavy (non-hydrogen) atoms. The van der Waals surface area contributed by atoms with Crippen LogP contribution in [0.25, 0.3) is 0 Å². The van der Waals surface area contributed by atoms with Crippen LogP contribution in [0.15, 0.2) is 42.5 Å². The lowest BCUT2D eigenvalue weighted by Gasteiger charge is -2.12. The number of hydrogen-bond donors (Lipinski definition) is 2. The molecule has 0 bridgehead atoms. The van der Waals surface area contributed by atoms with Crippen molar-refractivity contribution in [1.29, 1.82) is 0 Å². The molecule has 0 heterocycles. The molecule has 0 aliphatic carbocycles. The molecule has 0 unspecified atom stereocenters. The Bertz CT molecular complexity index is 897. The van der Waals surface area contributed by atoms with Gasteiger partial charge in [-0.15, -0.1) is 0 Å². The number of ether oxygens (including phenoxy) is 3. The number of hydrogen-bond acceptors (Lipinski definition) is 6. The fourth-order valence-electron chi connectivity index (χ4n) is 2.50. The predicted molar refractivity (Wildman–Crippen MR) is 112 cm³/mol. The molecule has 8 heteroatoms. The van der Waals surface area contributed by atoms with Crippen LogP contribution in [0.4, 0.5) is 10.5 Å². The van der Waals surface area contributed by atoms with Gasteiger partial charge in [-0.3, -0.25) is 10.1 Å². The zero-order valence-corrected chi connectivity index (χ0v) is 17.3. The maximum absolute atomic E-state index is 11.9. The number of imide groups is 1. The predicted octanol–water partition coefficient (Wildman–Crippen LogP) is 3.36. The average Bonchev–Trinajstić information content (AvgIpc) is 2.71. The van der Waals surface area contributed by atoms with Gasteiger partial charge in [-0.25, -0.2) is 9.59 Å². The Hall–Kier alpha value is -3.55. The fourth-order valence-corrected chi connectivity index (χ4v) is 2.50. The number of nitrogens with one attached hydrogen (secondary N) is 2. The third-order valence-corrected chi connectivity index (χ3v) is 3.90. The zero-order chi connectivity index (χ0) is 21.9. The molecule has 0 atom stereocenters. The number of carbonyl (C=O) groups excluding carboxylic acids is 3. The Morgan fingerprint density at radius 1 is 0.933 bits per heavy atom. The number of esters is 1. The molecule has 2 aromatic rings. The molecule has 0 fully saturated rings. The Morgan fingerprint density at radius 3 is 2.30 bits per heavy atom. The molecule has 2 aromatic carbocycles. The molecule has 3 amide bonds. The molecular formula is C22H26N2O6. The second-order valence-corrected chi connectivity index (χ2v) is 6.57. The summed E-state index contributed by atoms with van der Waals surface area (Å²) in [6.07, 6.45) is 0.836. The quantitative estimate of drug-likeness (QED) is 0.610. The summed E-state index contributed by atoms with van der Waals surface area (Å²) in [6.45, 7) is 5.29. The van der Waals surface area contributed by atoms with E-state index in [0.29, 0.717) is 23.8 Å². The van der Waals surface area contributed by atoms with Crippen LogP contribution in [0.2, 0.25) is 0 Å². The van der Waals surface area contributed by atoms with E-state index in [2.05, 4.69) is 10.6 Å². The van der Waals surface area contributed by atoms with Gasteiger partial charge < -0.3 is 19.5 Å². The third kappa shape index (κ3) is 7.46. The van der Waals surface area contributed by atoms with Crippen molar-refractivity contribution >= 4 is 23.6 Å². The molecule has 2 rings (SSSR count). The van der Waals surface area contributed by atoms with Crippen molar-refractivity contribution in [2.24, 2.45) is 0 Å². The van der Waals surface area contributed by atoms with Gasteiger partial charge >= 0.3 is 12.0 Å². The van der Waals surface area contributed by atoms with Crippen LogP contribution in [0.3, 0.4) is 0 Å². The van der Waals surface area contributed by atoms with Gasteiger partial charge in [-0.2, -0.15) is 0 Å². The molecule has 2 N–H and O–H groups in total. The number of para-hydroxylation sites is 2. The number of rotatable bonds is 9. The van der Waals surface area contributed by atoms with Crippen molar-refractivity contribution in [3.8, 4) is 11.5 Å². The lowest BCUT2D eigenvalue weighted by molar-refractivity contribution is -0.150. The van der Waals surface area contributed by atoms with E-state index in [1.807, 2.05) is 32.9 Å². The fraction of sp³-hybridized carbons (Fsp3) is 0.318. The molecule has 0 aliphatic heterocycles. The standard InChI is InChI=1S/C22H26N2O6/c1-4-11-28-18-7-5-6-8-19(18)29-14-21(26)30-13-20(25)24-22(27)23-17-10-9-15(2)12-16(17)3/h5-10,12H,4,11,13-14H2,1-3H3,(H2,23,24,25,27). The first kappa shape index (κ1) is 22.7. The Morgan fingerprint density at radius 2 is 1.63 bits per heavy atom. The summed E-state index contributed by atoms with van der Waals surface area (Å²) in [5.41, 5.74) is 2.51. The summed E-state index contributed by atoms with van der Waals surface area (Å²) in [6, 6.07) is 11.7. The number of aryl methyl sites for hydroxylation is 2. The first-order valence-corrected chi connectivity index (χ1v) is 9.57. The molecule has 160 valence electrons. The third-order valence-electron chi connectivity index (χ3n) is 3.90. The van der Waals surface area contributed by atoms with Crippen molar-refractivity contribution in [3.05, 3.63) is 53.6 Å². The molecule has 0 saturated heterocycles. The van der Waals surface area contributed by atoms with E-state index in [4.69, 9.17) is 14.2 Å². The highest BCUT2D eigenvalue weighted by molar-refractivity contribution is 6.02. The average molecular weight is 414 g/mol. The van der Waals surface area contributed by atoms with Gasteiger partial charge in [0.05, 0.1) is 6.61 Å². The molecule has 0 aromatic heterocycles. The van der Waals surface area contributed by atoms with Gasteiger partial charge in [0.1, 0.15) is 0 Å². The maximum atomic E-state index is 11.9. The number of amides is 3. The number of anilines is 1. The highest BCUT2D eigenvalue weighted by Crippen LogP contribution is 2.26. The minimum Gasteiger partial charge on any atom is -0.490 e. The van der Waals surface area contributed by atoms with E-state index >= 15 is 0 Å². The summed E-state index contributed by atoms with van der Waals surface area (Å²) in [7, 11) is 0. The molecule has 8 nitrogen and oxygen atoms in total. The van der Waals surface area contributed by atoms with Crippen LogP contribution < -0.4 is 20.1 Å². The van der Waals surface area contributed by atoms with Crippen LogP contribution in [0.5, 0.6) is 11.5 Å². The van der Waals surface area contributed by atoms with Crippen LogP contribution in [-0.2, 0) is 14.3 Å². The minimum atomic E-state index is -0.753. The highest BCUT2D eigenvalue weighted by atomic mass is 16.6. The minimum absolute atomic E-state index is 0.394. The first-order valence-electron chi connectivity index (χ1n) is 9.57. The maximum Gasteiger partial charge on any atom is 0.344 e. The largest absolute Gasteiger partial charge is 0.490 e. The molecule has 0 radical (unpaired) electrons. The van der Waals surface area contributed by atoms with E-state index in [-0.39, 0.29) is 0 Å². The Labute approximate surface area is 175 Å². The van der Waals surface area contributed by atoms with Gasteiger partial charge in [0.15, 0.2) is 24.7 Å². The van der Waals surface area contributed by atoms with Crippen LogP contribution >= 0.6 is 0 Å².